The van der Waals surface area contributed by atoms with Crippen molar-refractivity contribution in [1.82, 2.24) is 4.90 Å². The second kappa shape index (κ2) is 7.55. The molecule has 0 N–H and O–H groups in total. The average molecular weight is 346 g/mol. The lowest BCUT2D eigenvalue weighted by Crippen LogP contribution is -2.54. The van der Waals surface area contributed by atoms with E-state index in [1.807, 2.05) is 11.4 Å². The van der Waals surface area contributed by atoms with Crippen LogP contribution in [0.4, 0.5) is 0 Å². The molecule has 0 aliphatic heterocycles. The Morgan fingerprint density at radius 1 is 1.26 bits per heavy atom. The fraction of sp³-hybridized carbons (Fsp3) is 0.667. The van der Waals surface area contributed by atoms with Crippen LogP contribution in [0, 0.1) is 0 Å². The van der Waals surface area contributed by atoms with Crippen molar-refractivity contribution in [3.8, 4) is 0 Å². The molecule has 1 heterocycles. The molecule has 0 fully saturated rings. The monoisotopic (exact) mass is 345 g/mol. The van der Waals surface area contributed by atoms with Gasteiger partial charge in [0.05, 0.1) is 5.54 Å². The van der Waals surface area contributed by atoms with Crippen LogP contribution in [0.25, 0.3) is 0 Å². The van der Waals surface area contributed by atoms with Crippen LogP contribution in [0.5, 0.6) is 0 Å². The molecule has 0 aliphatic carbocycles. The Morgan fingerprint density at radius 3 is 2.21 bits per heavy atom. The van der Waals surface area contributed by atoms with E-state index < -0.39 is 0 Å². The maximum atomic E-state index is 12.9. The first-order valence-electron chi connectivity index (χ1n) is 7.05. The van der Waals surface area contributed by atoms with E-state index in [1.54, 1.807) is 11.3 Å². The van der Waals surface area contributed by atoms with Gasteiger partial charge in [-0.25, -0.2) is 0 Å². The molecule has 1 rings (SSSR count). The second-order valence-corrected chi connectivity index (χ2v) is 6.56. The lowest BCUT2D eigenvalue weighted by molar-refractivity contribution is -0.131. The number of carbonyl (C=O) groups excluding carboxylic acids is 1. The van der Waals surface area contributed by atoms with Crippen molar-refractivity contribution in [2.45, 2.75) is 52.5 Å². The third kappa shape index (κ3) is 3.47. The molecule has 0 aromatic carbocycles. The summed E-state index contributed by atoms with van der Waals surface area (Å²) in [5.41, 5.74) is -0.299. The van der Waals surface area contributed by atoms with Gasteiger partial charge in [-0.15, -0.1) is 11.3 Å². The Bertz CT molecular complexity index is 408. The van der Waals surface area contributed by atoms with Crippen LogP contribution in [0.3, 0.4) is 0 Å². The standard InChI is InChI=1S/C15H24BrNOS/c1-5-15(6-2,17(7-3)8-4)14(18)11-13-12(16)9-10-19-13/h9-10H,5-8,11H2,1-4H3. The summed E-state index contributed by atoms with van der Waals surface area (Å²) in [6.07, 6.45) is 2.30. The molecule has 0 bridgehead atoms. The molecular formula is C15H24BrNOS. The van der Waals surface area contributed by atoms with Gasteiger partial charge < -0.3 is 0 Å². The van der Waals surface area contributed by atoms with Gasteiger partial charge in [0.15, 0.2) is 5.78 Å². The zero-order valence-electron chi connectivity index (χ0n) is 12.3. The van der Waals surface area contributed by atoms with Gasteiger partial charge in [0.25, 0.3) is 0 Å². The second-order valence-electron chi connectivity index (χ2n) is 4.70. The molecule has 0 amide bonds. The summed E-state index contributed by atoms with van der Waals surface area (Å²) in [6, 6.07) is 2.02. The van der Waals surface area contributed by atoms with Crippen molar-refractivity contribution >= 4 is 33.0 Å². The van der Waals surface area contributed by atoms with Gasteiger partial charge in [0, 0.05) is 15.8 Å². The molecule has 0 saturated carbocycles. The molecule has 4 heteroatoms. The molecule has 0 unspecified atom stereocenters. The third-order valence-corrected chi connectivity index (χ3v) is 6.00. The van der Waals surface area contributed by atoms with Gasteiger partial charge in [-0.2, -0.15) is 0 Å². The van der Waals surface area contributed by atoms with E-state index in [0.29, 0.717) is 12.2 Å². The van der Waals surface area contributed by atoms with E-state index in [9.17, 15) is 4.79 Å². The number of likely N-dealkylation sites (N-methyl/N-ethyl adjacent to an activating group) is 1. The zero-order valence-corrected chi connectivity index (χ0v) is 14.7. The first kappa shape index (κ1) is 16.9. The summed E-state index contributed by atoms with van der Waals surface area (Å²) in [5.74, 6) is 0.351. The molecule has 0 saturated heterocycles. The van der Waals surface area contributed by atoms with Crippen LogP contribution in [-0.4, -0.2) is 29.3 Å². The van der Waals surface area contributed by atoms with E-state index in [4.69, 9.17) is 0 Å². The highest BCUT2D eigenvalue weighted by Crippen LogP contribution is 2.30. The highest BCUT2D eigenvalue weighted by atomic mass is 79.9. The number of carbonyl (C=O) groups is 1. The van der Waals surface area contributed by atoms with E-state index >= 15 is 0 Å². The van der Waals surface area contributed by atoms with Crippen molar-refractivity contribution in [3.63, 3.8) is 0 Å². The Balaban J connectivity index is 2.98. The maximum absolute atomic E-state index is 12.9. The van der Waals surface area contributed by atoms with Gasteiger partial charge in [-0.05, 0) is 53.3 Å². The smallest absolute Gasteiger partial charge is 0.158 e. The largest absolute Gasteiger partial charge is 0.297 e. The number of hydrogen-bond acceptors (Lipinski definition) is 3. The lowest BCUT2D eigenvalue weighted by Gasteiger charge is -2.41. The molecule has 0 atom stereocenters. The van der Waals surface area contributed by atoms with Crippen LogP contribution in [0.1, 0.15) is 45.4 Å². The third-order valence-electron chi connectivity index (χ3n) is 4.07. The highest BCUT2D eigenvalue weighted by Gasteiger charge is 2.39. The van der Waals surface area contributed by atoms with E-state index in [-0.39, 0.29) is 5.54 Å². The van der Waals surface area contributed by atoms with Crippen molar-refractivity contribution in [1.29, 1.82) is 0 Å². The number of halogens is 1. The minimum atomic E-state index is -0.299. The van der Waals surface area contributed by atoms with Crippen LogP contribution in [0.2, 0.25) is 0 Å². The Labute approximate surface area is 129 Å². The molecule has 2 nitrogen and oxygen atoms in total. The predicted molar refractivity (Wildman–Crippen MR) is 87.0 cm³/mol. The van der Waals surface area contributed by atoms with E-state index in [2.05, 4.69) is 48.5 Å². The summed E-state index contributed by atoms with van der Waals surface area (Å²) in [7, 11) is 0. The van der Waals surface area contributed by atoms with Crippen LogP contribution >= 0.6 is 27.3 Å². The first-order chi connectivity index (χ1) is 9.05. The Kier molecular flexibility index (Phi) is 6.71. The van der Waals surface area contributed by atoms with Gasteiger partial charge in [0.1, 0.15) is 0 Å². The number of hydrogen-bond donors (Lipinski definition) is 0. The number of thiophene rings is 1. The Morgan fingerprint density at radius 2 is 1.84 bits per heavy atom. The molecule has 108 valence electrons. The molecule has 0 aliphatic rings. The van der Waals surface area contributed by atoms with Crippen molar-refractivity contribution in [2.75, 3.05) is 13.1 Å². The fourth-order valence-electron chi connectivity index (χ4n) is 2.86. The molecule has 1 aromatic rings. The summed E-state index contributed by atoms with van der Waals surface area (Å²) < 4.78 is 1.06. The number of rotatable bonds is 8. The molecular weight excluding hydrogens is 322 g/mol. The van der Waals surface area contributed by atoms with Gasteiger partial charge >= 0.3 is 0 Å². The van der Waals surface area contributed by atoms with Crippen LogP contribution < -0.4 is 0 Å². The highest BCUT2D eigenvalue weighted by molar-refractivity contribution is 9.10. The quantitative estimate of drug-likeness (QED) is 0.690. The summed E-state index contributed by atoms with van der Waals surface area (Å²) in [6.45, 7) is 10.4. The molecule has 19 heavy (non-hydrogen) atoms. The molecule has 1 aromatic heterocycles. The number of ketones is 1. The van der Waals surface area contributed by atoms with Gasteiger partial charge in [0.2, 0.25) is 0 Å². The average Bonchev–Trinajstić information content (AvgIpc) is 2.81. The zero-order chi connectivity index (χ0) is 14.5. The molecule has 0 spiro atoms. The first-order valence-corrected chi connectivity index (χ1v) is 8.73. The van der Waals surface area contributed by atoms with E-state index in [0.717, 1.165) is 35.3 Å². The number of nitrogens with zero attached hydrogens (tertiary/aromatic N) is 1. The van der Waals surface area contributed by atoms with Crippen molar-refractivity contribution in [2.24, 2.45) is 0 Å². The SMILES string of the molecule is CCN(CC)C(CC)(CC)C(=O)Cc1sccc1Br. The Hall–Kier alpha value is -0.190. The topological polar surface area (TPSA) is 20.3 Å². The summed E-state index contributed by atoms with van der Waals surface area (Å²) >= 11 is 5.18. The predicted octanol–water partition coefficient (Wildman–Crippen LogP) is 4.52. The van der Waals surface area contributed by atoms with Gasteiger partial charge in [-0.1, -0.05) is 27.7 Å². The van der Waals surface area contributed by atoms with Gasteiger partial charge in [-0.3, -0.25) is 9.69 Å². The fourth-order valence-corrected chi connectivity index (χ4v) is 4.35. The van der Waals surface area contributed by atoms with Crippen LogP contribution in [-0.2, 0) is 11.2 Å². The van der Waals surface area contributed by atoms with Crippen molar-refractivity contribution in [3.05, 3.63) is 20.8 Å². The number of Topliss-reactive ketones (excluding diaryl/α,β-unsaturated/α-hetero) is 1. The summed E-state index contributed by atoms with van der Waals surface area (Å²) in [5, 5.41) is 2.03. The van der Waals surface area contributed by atoms with Crippen LogP contribution in [0.15, 0.2) is 15.9 Å². The molecule has 0 radical (unpaired) electrons. The normalized spacial score (nSPS) is 12.1. The minimum absolute atomic E-state index is 0.299. The lowest BCUT2D eigenvalue weighted by atomic mass is 9.84. The maximum Gasteiger partial charge on any atom is 0.158 e. The summed E-state index contributed by atoms with van der Waals surface area (Å²) in [4.78, 5) is 16.3. The van der Waals surface area contributed by atoms with E-state index in [1.165, 1.54) is 0 Å². The van der Waals surface area contributed by atoms with Crippen molar-refractivity contribution < 1.29 is 4.79 Å². The minimum Gasteiger partial charge on any atom is -0.297 e.